The molecule has 2 aromatic heterocycles. The molecule has 0 aliphatic rings. The van der Waals surface area contributed by atoms with Gasteiger partial charge in [0.2, 0.25) is 11.8 Å². The number of nitrogens with zero attached hydrogens (tertiary/aromatic N) is 1. The number of fused-ring (bicyclic) bond motifs is 1. The molecule has 158 valence electrons. The van der Waals surface area contributed by atoms with E-state index in [9.17, 15) is 19.5 Å². The number of rotatable bonds is 9. The van der Waals surface area contributed by atoms with Crippen LogP contribution in [0.4, 0.5) is 0 Å². The molecule has 0 aliphatic carbocycles. The van der Waals surface area contributed by atoms with Gasteiger partial charge in [0.25, 0.3) is 0 Å². The van der Waals surface area contributed by atoms with Crippen LogP contribution in [0.2, 0.25) is 0 Å². The van der Waals surface area contributed by atoms with Crippen LogP contribution in [0.5, 0.6) is 0 Å². The van der Waals surface area contributed by atoms with Crippen molar-refractivity contribution in [2.45, 2.75) is 37.9 Å². The normalized spacial score (nSPS) is 14.1. The molecule has 0 saturated carbocycles. The lowest BCUT2D eigenvalue weighted by Crippen LogP contribution is -2.55. The Kier molecular flexibility index (Phi) is 6.48. The SMILES string of the molecule is CC(N)C(=O)NC(Cc1cnc[nH]1)C(=O)NC(Cc1c[nH]c2ccccc12)C(=O)O. The van der Waals surface area contributed by atoms with E-state index in [1.807, 2.05) is 24.3 Å². The highest BCUT2D eigenvalue weighted by molar-refractivity contribution is 5.92. The van der Waals surface area contributed by atoms with Crippen molar-refractivity contribution in [1.29, 1.82) is 0 Å². The van der Waals surface area contributed by atoms with E-state index < -0.39 is 35.9 Å². The fraction of sp³-hybridized carbons (Fsp3) is 0.300. The number of carboxylic acids is 1. The Morgan fingerprint density at radius 1 is 1.10 bits per heavy atom. The zero-order chi connectivity index (χ0) is 21.7. The lowest BCUT2D eigenvalue weighted by Gasteiger charge is -2.22. The molecule has 3 rings (SSSR count). The smallest absolute Gasteiger partial charge is 0.326 e. The molecule has 0 saturated heterocycles. The molecule has 0 fully saturated rings. The van der Waals surface area contributed by atoms with Gasteiger partial charge in [-0.1, -0.05) is 18.2 Å². The topological polar surface area (TPSA) is 166 Å². The van der Waals surface area contributed by atoms with Gasteiger partial charge in [0.1, 0.15) is 12.1 Å². The molecular formula is C20H24N6O4. The molecule has 10 nitrogen and oxygen atoms in total. The number of nitrogens with one attached hydrogen (secondary N) is 4. The van der Waals surface area contributed by atoms with Crippen LogP contribution in [-0.4, -0.2) is 56.0 Å². The van der Waals surface area contributed by atoms with Crippen molar-refractivity contribution in [3.05, 3.63) is 54.2 Å². The first-order valence-corrected chi connectivity index (χ1v) is 9.46. The summed E-state index contributed by atoms with van der Waals surface area (Å²) in [5.74, 6) is -2.31. The van der Waals surface area contributed by atoms with Crippen LogP contribution >= 0.6 is 0 Å². The van der Waals surface area contributed by atoms with E-state index in [1.165, 1.54) is 19.4 Å². The van der Waals surface area contributed by atoms with Crippen molar-refractivity contribution < 1.29 is 19.5 Å². The Morgan fingerprint density at radius 3 is 2.50 bits per heavy atom. The number of nitrogens with two attached hydrogens (primary N) is 1. The van der Waals surface area contributed by atoms with Crippen LogP contribution in [-0.2, 0) is 27.2 Å². The average molecular weight is 412 g/mol. The summed E-state index contributed by atoms with van der Waals surface area (Å²) in [6.07, 6.45) is 4.91. The van der Waals surface area contributed by atoms with E-state index in [1.54, 1.807) is 6.20 Å². The van der Waals surface area contributed by atoms with Gasteiger partial charge in [0.05, 0.1) is 12.4 Å². The van der Waals surface area contributed by atoms with Gasteiger partial charge in [0.15, 0.2) is 0 Å². The van der Waals surface area contributed by atoms with Crippen LogP contribution in [0.25, 0.3) is 10.9 Å². The fourth-order valence-corrected chi connectivity index (χ4v) is 3.12. The van der Waals surface area contributed by atoms with E-state index >= 15 is 0 Å². The summed E-state index contributed by atoms with van der Waals surface area (Å²) in [5, 5.41) is 15.6. The van der Waals surface area contributed by atoms with Crippen molar-refractivity contribution in [2.24, 2.45) is 5.73 Å². The van der Waals surface area contributed by atoms with Gasteiger partial charge in [-0.25, -0.2) is 9.78 Å². The van der Waals surface area contributed by atoms with E-state index in [0.717, 1.165) is 16.5 Å². The highest BCUT2D eigenvalue weighted by Gasteiger charge is 2.28. The number of para-hydroxylation sites is 1. The van der Waals surface area contributed by atoms with Gasteiger partial charge >= 0.3 is 5.97 Å². The third-order valence-corrected chi connectivity index (χ3v) is 4.74. The number of H-pyrrole nitrogens is 2. The fourth-order valence-electron chi connectivity index (χ4n) is 3.12. The molecule has 1 aromatic carbocycles. The lowest BCUT2D eigenvalue weighted by molar-refractivity contribution is -0.142. The molecule has 7 N–H and O–H groups in total. The Labute approximate surface area is 172 Å². The first kappa shape index (κ1) is 21.1. The number of benzene rings is 1. The van der Waals surface area contributed by atoms with Crippen molar-refractivity contribution in [3.63, 3.8) is 0 Å². The summed E-state index contributed by atoms with van der Waals surface area (Å²) in [7, 11) is 0. The van der Waals surface area contributed by atoms with Gasteiger partial charge in [-0.05, 0) is 18.6 Å². The van der Waals surface area contributed by atoms with Crippen molar-refractivity contribution >= 4 is 28.7 Å². The van der Waals surface area contributed by atoms with Gasteiger partial charge in [-0.3, -0.25) is 9.59 Å². The number of imidazole rings is 1. The molecule has 0 bridgehead atoms. The summed E-state index contributed by atoms with van der Waals surface area (Å²) < 4.78 is 0. The predicted octanol–water partition coefficient (Wildman–Crippen LogP) is 0.0776. The molecule has 2 heterocycles. The minimum Gasteiger partial charge on any atom is -0.480 e. The minimum absolute atomic E-state index is 0.0864. The zero-order valence-electron chi connectivity index (χ0n) is 16.4. The highest BCUT2D eigenvalue weighted by atomic mass is 16.4. The summed E-state index contributed by atoms with van der Waals surface area (Å²) in [5.41, 5.74) is 7.85. The van der Waals surface area contributed by atoms with E-state index in [0.29, 0.717) is 5.69 Å². The predicted molar refractivity (Wildman–Crippen MR) is 109 cm³/mol. The molecule has 2 amide bonds. The van der Waals surface area contributed by atoms with Crippen LogP contribution < -0.4 is 16.4 Å². The first-order chi connectivity index (χ1) is 14.3. The number of aliphatic carboxylic acids is 1. The summed E-state index contributed by atoms with van der Waals surface area (Å²) in [4.78, 5) is 46.6. The summed E-state index contributed by atoms with van der Waals surface area (Å²) in [6, 6.07) is 4.51. The Hall–Kier alpha value is -3.66. The first-order valence-electron chi connectivity index (χ1n) is 9.46. The van der Waals surface area contributed by atoms with Gasteiger partial charge in [-0.15, -0.1) is 0 Å². The van der Waals surface area contributed by atoms with Crippen LogP contribution in [0.3, 0.4) is 0 Å². The Bertz CT molecular complexity index is 1030. The van der Waals surface area contributed by atoms with Gasteiger partial charge in [-0.2, -0.15) is 0 Å². The number of carbonyl (C=O) groups is 3. The van der Waals surface area contributed by atoms with E-state index in [2.05, 4.69) is 25.6 Å². The molecule has 3 atom stereocenters. The second kappa shape index (κ2) is 9.23. The number of carbonyl (C=O) groups excluding carboxylic acids is 2. The largest absolute Gasteiger partial charge is 0.480 e. The molecule has 0 aliphatic heterocycles. The minimum atomic E-state index is -1.17. The van der Waals surface area contributed by atoms with Crippen LogP contribution in [0.1, 0.15) is 18.2 Å². The Morgan fingerprint density at radius 2 is 1.83 bits per heavy atom. The maximum Gasteiger partial charge on any atom is 0.326 e. The zero-order valence-corrected chi connectivity index (χ0v) is 16.4. The maximum absolute atomic E-state index is 12.9. The monoisotopic (exact) mass is 412 g/mol. The average Bonchev–Trinajstić information content (AvgIpc) is 3.36. The molecule has 30 heavy (non-hydrogen) atoms. The molecule has 0 spiro atoms. The number of hydrogen-bond acceptors (Lipinski definition) is 5. The van der Waals surface area contributed by atoms with E-state index in [-0.39, 0.29) is 12.8 Å². The number of aromatic nitrogens is 3. The molecule has 3 aromatic rings. The number of amides is 2. The Balaban J connectivity index is 1.76. The quantitative estimate of drug-likeness (QED) is 0.291. The van der Waals surface area contributed by atoms with Crippen molar-refractivity contribution in [2.75, 3.05) is 0 Å². The second-order valence-electron chi connectivity index (χ2n) is 7.09. The number of aromatic amines is 2. The summed E-state index contributed by atoms with van der Waals surface area (Å²) in [6.45, 7) is 1.50. The van der Waals surface area contributed by atoms with Crippen molar-refractivity contribution in [3.8, 4) is 0 Å². The maximum atomic E-state index is 12.9. The molecule has 10 heteroatoms. The van der Waals surface area contributed by atoms with Crippen molar-refractivity contribution in [1.82, 2.24) is 25.6 Å². The molecular weight excluding hydrogens is 388 g/mol. The standard InChI is InChI=1S/C20H24N6O4/c1-11(21)18(27)25-16(7-13-9-22-10-24-13)19(28)26-17(20(29)30)6-12-8-23-15-5-3-2-4-14(12)15/h2-5,8-11,16-17,23H,6-7,21H2,1H3,(H,22,24)(H,25,27)(H,26,28)(H,29,30). The number of hydrogen-bond donors (Lipinski definition) is 6. The highest BCUT2D eigenvalue weighted by Crippen LogP contribution is 2.19. The van der Waals surface area contributed by atoms with Gasteiger partial charge < -0.3 is 31.4 Å². The third kappa shape index (κ3) is 5.03. The second-order valence-corrected chi connectivity index (χ2v) is 7.09. The molecule has 0 radical (unpaired) electrons. The molecule has 3 unspecified atom stereocenters. The third-order valence-electron chi connectivity index (χ3n) is 4.74. The number of carboxylic acid groups (broad SMARTS) is 1. The van der Waals surface area contributed by atoms with E-state index in [4.69, 9.17) is 5.73 Å². The lowest BCUT2D eigenvalue weighted by atomic mass is 10.0. The van der Waals surface area contributed by atoms with Crippen LogP contribution in [0.15, 0.2) is 43.0 Å². The summed E-state index contributed by atoms with van der Waals surface area (Å²) >= 11 is 0. The van der Waals surface area contributed by atoms with Gasteiger partial charge in [0, 0.05) is 41.8 Å². The van der Waals surface area contributed by atoms with Crippen LogP contribution in [0, 0.1) is 0 Å².